The third-order valence-electron chi connectivity index (χ3n) is 3.90. The van der Waals surface area contributed by atoms with Crippen molar-refractivity contribution in [2.24, 2.45) is 5.92 Å². The van der Waals surface area contributed by atoms with Crippen LogP contribution in [-0.2, 0) is 14.3 Å². The number of aliphatic carboxylic acids is 1. The number of hydrogen-bond donors (Lipinski definition) is 2. The molecule has 2 N–H and O–H groups in total. The maximum Gasteiger partial charge on any atom is 0.326 e. The van der Waals surface area contributed by atoms with Crippen molar-refractivity contribution in [2.45, 2.75) is 38.8 Å². The Bertz CT molecular complexity index is 554. The fourth-order valence-corrected chi connectivity index (χ4v) is 2.63. The molecule has 23 heavy (non-hydrogen) atoms. The highest BCUT2D eigenvalue weighted by atomic mass is 16.5. The molecular formula is C17H23NO5. The molecule has 0 aliphatic carbocycles. The predicted octanol–water partition coefficient (Wildman–Crippen LogP) is 1.76. The van der Waals surface area contributed by atoms with Gasteiger partial charge >= 0.3 is 5.97 Å². The van der Waals surface area contributed by atoms with Crippen molar-refractivity contribution in [2.75, 3.05) is 13.2 Å². The van der Waals surface area contributed by atoms with Gasteiger partial charge in [-0.3, -0.25) is 4.79 Å². The molecule has 1 heterocycles. The quantitative estimate of drug-likeness (QED) is 0.834. The van der Waals surface area contributed by atoms with E-state index in [9.17, 15) is 14.7 Å². The summed E-state index contributed by atoms with van der Waals surface area (Å²) in [4.78, 5) is 23.7. The minimum Gasteiger partial charge on any atom is -0.481 e. The van der Waals surface area contributed by atoms with E-state index >= 15 is 0 Å². The van der Waals surface area contributed by atoms with Crippen LogP contribution >= 0.6 is 0 Å². The van der Waals surface area contributed by atoms with Crippen molar-refractivity contribution in [3.63, 3.8) is 0 Å². The van der Waals surface area contributed by atoms with Gasteiger partial charge in [0.05, 0.1) is 6.61 Å². The molecule has 0 aromatic heterocycles. The van der Waals surface area contributed by atoms with E-state index in [1.54, 1.807) is 13.0 Å². The topological polar surface area (TPSA) is 84.9 Å². The maximum absolute atomic E-state index is 12.2. The average Bonchev–Trinajstić information content (AvgIpc) is 2.52. The van der Waals surface area contributed by atoms with Gasteiger partial charge in [-0.25, -0.2) is 4.79 Å². The summed E-state index contributed by atoms with van der Waals surface area (Å²) >= 11 is 0. The molecule has 126 valence electrons. The molecule has 0 spiro atoms. The number of benzene rings is 1. The fourth-order valence-electron chi connectivity index (χ4n) is 2.63. The zero-order valence-electron chi connectivity index (χ0n) is 13.5. The molecule has 1 fully saturated rings. The number of aryl methyl sites for hydroxylation is 1. The monoisotopic (exact) mass is 321 g/mol. The van der Waals surface area contributed by atoms with Gasteiger partial charge < -0.3 is 19.9 Å². The third kappa shape index (κ3) is 4.96. The van der Waals surface area contributed by atoms with Gasteiger partial charge in [0.15, 0.2) is 6.10 Å². The Morgan fingerprint density at radius 2 is 2.22 bits per heavy atom. The molecule has 2 rings (SSSR count). The normalized spacial score (nSPS) is 20.3. The van der Waals surface area contributed by atoms with Gasteiger partial charge in [-0.2, -0.15) is 0 Å². The number of ether oxygens (including phenoxy) is 2. The molecule has 1 aromatic rings. The molecule has 6 nitrogen and oxygen atoms in total. The van der Waals surface area contributed by atoms with Crippen molar-refractivity contribution in [3.8, 4) is 5.75 Å². The first-order valence-electron chi connectivity index (χ1n) is 7.81. The summed E-state index contributed by atoms with van der Waals surface area (Å²) in [5.74, 6) is -1.11. The van der Waals surface area contributed by atoms with Crippen molar-refractivity contribution < 1.29 is 24.2 Å². The van der Waals surface area contributed by atoms with E-state index in [2.05, 4.69) is 5.32 Å². The standard InChI is InChI=1S/C17H23NO5/c1-11-5-3-7-14(9-11)23-12(2)16(19)18-15(17(20)21)13-6-4-8-22-10-13/h3,5,7,9,12-13,15H,4,6,8,10H2,1-2H3,(H,18,19)(H,20,21). The summed E-state index contributed by atoms with van der Waals surface area (Å²) in [6.07, 6.45) is 0.757. The lowest BCUT2D eigenvalue weighted by Gasteiger charge is -2.28. The molecule has 0 bridgehead atoms. The highest BCUT2D eigenvalue weighted by Gasteiger charge is 2.32. The molecular weight excluding hydrogens is 298 g/mol. The Kier molecular flexibility index (Phi) is 5.98. The first-order valence-corrected chi connectivity index (χ1v) is 7.81. The van der Waals surface area contributed by atoms with Crippen LogP contribution in [0.4, 0.5) is 0 Å². The van der Waals surface area contributed by atoms with Crippen molar-refractivity contribution in [1.82, 2.24) is 5.32 Å². The number of nitrogens with one attached hydrogen (secondary N) is 1. The lowest BCUT2D eigenvalue weighted by atomic mass is 9.93. The summed E-state index contributed by atoms with van der Waals surface area (Å²) in [5, 5.41) is 11.9. The second-order valence-electron chi connectivity index (χ2n) is 5.88. The SMILES string of the molecule is Cc1cccc(OC(C)C(=O)NC(C(=O)O)C2CCCOC2)c1. The van der Waals surface area contributed by atoms with Crippen molar-refractivity contribution in [3.05, 3.63) is 29.8 Å². The van der Waals surface area contributed by atoms with Crippen LogP contribution < -0.4 is 10.1 Å². The second kappa shape index (κ2) is 7.97. The Balaban J connectivity index is 1.96. The summed E-state index contributed by atoms with van der Waals surface area (Å²) in [6, 6.07) is 6.41. The smallest absolute Gasteiger partial charge is 0.326 e. The number of carbonyl (C=O) groups is 2. The molecule has 0 saturated carbocycles. The Morgan fingerprint density at radius 3 is 2.83 bits per heavy atom. The third-order valence-corrected chi connectivity index (χ3v) is 3.90. The summed E-state index contributed by atoms with van der Waals surface area (Å²) in [6.45, 7) is 4.53. The lowest BCUT2D eigenvalue weighted by molar-refractivity contribution is -0.146. The zero-order chi connectivity index (χ0) is 16.8. The van der Waals surface area contributed by atoms with Crippen LogP contribution in [-0.4, -0.2) is 42.3 Å². The van der Waals surface area contributed by atoms with Crippen LogP contribution in [0.5, 0.6) is 5.75 Å². The first kappa shape index (κ1) is 17.3. The second-order valence-corrected chi connectivity index (χ2v) is 5.88. The van der Waals surface area contributed by atoms with Crippen LogP contribution in [0.25, 0.3) is 0 Å². The largest absolute Gasteiger partial charge is 0.481 e. The molecule has 1 saturated heterocycles. The van der Waals surface area contributed by atoms with Crippen LogP contribution in [0.3, 0.4) is 0 Å². The number of rotatable bonds is 6. The molecule has 1 aliphatic heterocycles. The van der Waals surface area contributed by atoms with E-state index in [-0.39, 0.29) is 5.92 Å². The van der Waals surface area contributed by atoms with Gasteiger partial charge in [0.25, 0.3) is 5.91 Å². The van der Waals surface area contributed by atoms with E-state index in [1.807, 2.05) is 25.1 Å². The molecule has 0 radical (unpaired) electrons. The minimum absolute atomic E-state index is 0.212. The summed E-state index contributed by atoms with van der Waals surface area (Å²) < 4.78 is 10.9. The van der Waals surface area contributed by atoms with Crippen LogP contribution in [0.15, 0.2) is 24.3 Å². The minimum atomic E-state index is -1.04. The highest BCUT2D eigenvalue weighted by Crippen LogP contribution is 2.19. The predicted molar refractivity (Wildman–Crippen MR) is 84.4 cm³/mol. The average molecular weight is 321 g/mol. The molecule has 6 heteroatoms. The summed E-state index contributed by atoms with van der Waals surface area (Å²) in [5.41, 5.74) is 1.03. The van der Waals surface area contributed by atoms with Crippen molar-refractivity contribution >= 4 is 11.9 Å². The number of carboxylic acids is 1. The van der Waals surface area contributed by atoms with Crippen LogP contribution in [0.2, 0.25) is 0 Å². The summed E-state index contributed by atoms with van der Waals surface area (Å²) in [7, 11) is 0. The molecule has 1 aromatic carbocycles. The molecule has 3 atom stereocenters. The van der Waals surface area contributed by atoms with E-state index in [0.29, 0.717) is 19.0 Å². The fraction of sp³-hybridized carbons (Fsp3) is 0.529. The molecule has 1 amide bonds. The van der Waals surface area contributed by atoms with Crippen LogP contribution in [0.1, 0.15) is 25.3 Å². The van der Waals surface area contributed by atoms with Gasteiger partial charge in [0.2, 0.25) is 0 Å². The van der Waals surface area contributed by atoms with Gasteiger partial charge in [-0.05, 0) is 44.4 Å². The number of amides is 1. The lowest BCUT2D eigenvalue weighted by Crippen LogP contribution is -2.51. The van der Waals surface area contributed by atoms with Gasteiger partial charge in [0, 0.05) is 12.5 Å². The molecule has 1 aliphatic rings. The van der Waals surface area contributed by atoms with Crippen LogP contribution in [0, 0.1) is 12.8 Å². The highest BCUT2D eigenvalue weighted by molar-refractivity contribution is 5.86. The van der Waals surface area contributed by atoms with E-state index in [4.69, 9.17) is 9.47 Å². The van der Waals surface area contributed by atoms with Gasteiger partial charge in [-0.15, -0.1) is 0 Å². The van der Waals surface area contributed by atoms with E-state index in [0.717, 1.165) is 18.4 Å². The van der Waals surface area contributed by atoms with Gasteiger partial charge in [0.1, 0.15) is 11.8 Å². The van der Waals surface area contributed by atoms with E-state index in [1.165, 1.54) is 0 Å². The van der Waals surface area contributed by atoms with E-state index < -0.39 is 24.0 Å². The first-order chi connectivity index (χ1) is 11.0. The Hall–Kier alpha value is -2.08. The van der Waals surface area contributed by atoms with Gasteiger partial charge in [-0.1, -0.05) is 12.1 Å². The Morgan fingerprint density at radius 1 is 1.43 bits per heavy atom. The number of carbonyl (C=O) groups excluding carboxylic acids is 1. The zero-order valence-corrected chi connectivity index (χ0v) is 13.5. The maximum atomic E-state index is 12.2. The number of carboxylic acid groups (broad SMARTS) is 1. The van der Waals surface area contributed by atoms with Crippen molar-refractivity contribution in [1.29, 1.82) is 0 Å². The number of hydrogen-bond acceptors (Lipinski definition) is 4. The Labute approximate surface area is 135 Å². The molecule has 3 unspecified atom stereocenters.